The van der Waals surface area contributed by atoms with Gasteiger partial charge in [-0.1, -0.05) is 110 Å². The first kappa shape index (κ1) is 33.6. The van der Waals surface area contributed by atoms with Crippen molar-refractivity contribution in [2.75, 3.05) is 32.8 Å². The van der Waals surface area contributed by atoms with E-state index in [0.29, 0.717) is 30.7 Å². The lowest BCUT2D eigenvalue weighted by molar-refractivity contribution is -0.141. The topological polar surface area (TPSA) is 58.8 Å². The zero-order chi connectivity index (χ0) is 30.2. The second-order valence-electron chi connectivity index (χ2n) is 15.1. The van der Waals surface area contributed by atoms with Crippen LogP contribution in [0, 0.1) is 22.7 Å². The number of carbonyl (C=O) groups excluding carboxylic acids is 1. The van der Waals surface area contributed by atoms with Crippen LogP contribution >= 0.6 is 0 Å². The molecular formula is C36H59N3O2. The van der Waals surface area contributed by atoms with Crippen molar-refractivity contribution in [1.29, 1.82) is 0 Å². The molecule has 1 amide bonds. The Kier molecular flexibility index (Phi) is 12.3. The second kappa shape index (κ2) is 15.0. The van der Waals surface area contributed by atoms with Crippen LogP contribution in [-0.4, -0.2) is 60.6 Å². The molecule has 5 nitrogen and oxygen atoms in total. The zero-order valence-corrected chi connectivity index (χ0v) is 27.4. The number of rotatable bonds is 12. The molecule has 0 spiro atoms. The number of amides is 1. The summed E-state index contributed by atoms with van der Waals surface area (Å²) in [7, 11) is 0. The van der Waals surface area contributed by atoms with E-state index in [1.807, 2.05) is 0 Å². The molecule has 2 aliphatic rings. The number of benzene rings is 1. The molecule has 1 aliphatic heterocycles. The number of hydrogen-bond donors (Lipinski definition) is 1. The lowest BCUT2D eigenvalue weighted by atomic mass is 9.82. The van der Waals surface area contributed by atoms with Crippen LogP contribution in [0.1, 0.15) is 99.1 Å². The number of nitrogens with two attached hydrogens (primary N) is 1. The second-order valence-corrected chi connectivity index (χ2v) is 15.1. The Morgan fingerprint density at radius 3 is 2.29 bits per heavy atom. The number of carbonyl (C=O) groups is 1. The fourth-order valence-corrected chi connectivity index (χ4v) is 6.15. The number of nitrogens with zero attached hydrogens (tertiary/aromatic N) is 2. The predicted octanol–water partition coefficient (Wildman–Crippen LogP) is 7.40. The smallest absolute Gasteiger partial charge is 0.223 e. The van der Waals surface area contributed by atoms with E-state index in [1.165, 1.54) is 11.1 Å². The first-order valence-electron chi connectivity index (χ1n) is 16.1. The molecule has 1 aromatic carbocycles. The third-order valence-electron chi connectivity index (χ3n) is 8.54. The fraction of sp³-hybridized carbons (Fsp3) is 0.694. The lowest BCUT2D eigenvalue weighted by Gasteiger charge is -2.50. The van der Waals surface area contributed by atoms with Gasteiger partial charge in [-0.3, -0.25) is 9.69 Å². The van der Waals surface area contributed by atoms with Gasteiger partial charge >= 0.3 is 0 Å². The molecule has 0 bridgehead atoms. The molecule has 0 saturated carbocycles. The summed E-state index contributed by atoms with van der Waals surface area (Å²) >= 11 is 0. The Bertz CT molecular complexity index is 1000. The third kappa shape index (κ3) is 10.4. The van der Waals surface area contributed by atoms with Crippen molar-refractivity contribution in [2.24, 2.45) is 28.4 Å². The normalized spacial score (nSPS) is 22.1. The summed E-state index contributed by atoms with van der Waals surface area (Å²) in [6.45, 7) is 21.9. The molecule has 1 fully saturated rings. The molecular weight excluding hydrogens is 506 g/mol. The average Bonchev–Trinajstić information content (AvgIpc) is 2.91. The Labute approximate surface area is 251 Å². The van der Waals surface area contributed by atoms with E-state index in [4.69, 9.17) is 10.5 Å². The molecule has 3 unspecified atom stereocenters. The summed E-state index contributed by atoms with van der Waals surface area (Å²) in [5.41, 5.74) is 8.72. The minimum absolute atomic E-state index is 0.0282. The molecule has 0 aromatic heterocycles. The van der Waals surface area contributed by atoms with Gasteiger partial charge in [0.1, 0.15) is 0 Å². The van der Waals surface area contributed by atoms with Crippen molar-refractivity contribution in [3.63, 3.8) is 0 Å². The number of ether oxygens (including phenoxy) is 1. The van der Waals surface area contributed by atoms with Crippen LogP contribution < -0.4 is 5.73 Å². The lowest BCUT2D eigenvalue weighted by Crippen LogP contribution is -2.60. The maximum Gasteiger partial charge on any atom is 0.223 e. The molecule has 1 heterocycles. The minimum atomic E-state index is -0.0282. The van der Waals surface area contributed by atoms with Gasteiger partial charge in [0.25, 0.3) is 0 Å². The summed E-state index contributed by atoms with van der Waals surface area (Å²) in [5.74, 6) is 1.32. The quantitative estimate of drug-likeness (QED) is 0.287. The van der Waals surface area contributed by atoms with E-state index >= 15 is 0 Å². The van der Waals surface area contributed by atoms with Gasteiger partial charge in [0, 0.05) is 32.1 Å². The number of hydrogen-bond acceptors (Lipinski definition) is 4. The van der Waals surface area contributed by atoms with E-state index in [9.17, 15) is 4.79 Å². The van der Waals surface area contributed by atoms with E-state index in [-0.39, 0.29) is 29.0 Å². The molecule has 5 heteroatoms. The summed E-state index contributed by atoms with van der Waals surface area (Å²) in [5, 5.41) is 0. The molecule has 4 atom stereocenters. The molecule has 1 saturated heterocycles. The Hall–Kier alpha value is -1.95. The summed E-state index contributed by atoms with van der Waals surface area (Å²) in [4.78, 5) is 18.6. The van der Waals surface area contributed by atoms with Crippen LogP contribution in [-0.2, 0) is 9.53 Å². The maximum absolute atomic E-state index is 13.8. The highest BCUT2D eigenvalue weighted by Gasteiger charge is 2.40. The first-order chi connectivity index (χ1) is 19.3. The molecule has 1 aliphatic carbocycles. The van der Waals surface area contributed by atoms with E-state index in [1.54, 1.807) is 0 Å². The largest absolute Gasteiger partial charge is 0.373 e. The molecule has 41 heavy (non-hydrogen) atoms. The number of piperazine rings is 1. The van der Waals surface area contributed by atoms with Crippen molar-refractivity contribution in [3.8, 4) is 0 Å². The van der Waals surface area contributed by atoms with Gasteiger partial charge in [0.2, 0.25) is 5.91 Å². The van der Waals surface area contributed by atoms with E-state index in [0.717, 1.165) is 51.9 Å². The molecule has 3 rings (SSSR count). The molecule has 230 valence electrons. The monoisotopic (exact) mass is 565 g/mol. The highest BCUT2D eigenvalue weighted by molar-refractivity contribution is 5.77. The highest BCUT2D eigenvalue weighted by atomic mass is 16.5. The average molecular weight is 566 g/mol. The zero-order valence-electron chi connectivity index (χ0n) is 27.4. The third-order valence-corrected chi connectivity index (χ3v) is 8.54. The Morgan fingerprint density at radius 1 is 1.02 bits per heavy atom. The van der Waals surface area contributed by atoms with Crippen LogP contribution in [0.3, 0.4) is 0 Å². The minimum Gasteiger partial charge on any atom is -0.373 e. The van der Waals surface area contributed by atoms with E-state index < -0.39 is 0 Å². The van der Waals surface area contributed by atoms with Crippen molar-refractivity contribution in [3.05, 3.63) is 59.7 Å². The molecule has 1 aromatic rings. The highest BCUT2D eigenvalue weighted by Crippen LogP contribution is 2.37. The van der Waals surface area contributed by atoms with Gasteiger partial charge in [-0.15, -0.1) is 0 Å². The maximum atomic E-state index is 13.8. The van der Waals surface area contributed by atoms with Crippen LogP contribution in [0.2, 0.25) is 0 Å². The van der Waals surface area contributed by atoms with Crippen LogP contribution in [0.4, 0.5) is 0 Å². The fourth-order valence-electron chi connectivity index (χ4n) is 6.15. The van der Waals surface area contributed by atoms with Gasteiger partial charge in [-0.05, 0) is 59.6 Å². The van der Waals surface area contributed by atoms with E-state index in [2.05, 4.69) is 114 Å². The van der Waals surface area contributed by atoms with Crippen molar-refractivity contribution in [2.45, 2.75) is 106 Å². The first-order valence-corrected chi connectivity index (χ1v) is 16.1. The van der Waals surface area contributed by atoms with Gasteiger partial charge < -0.3 is 15.4 Å². The standard InChI is InChI=1S/C36H59N3O2/c1-27(2)14-15-28(20-21-37)24-33(40)39-23-22-38(25-32(39)36(6,7)8)34(29-12-10-9-11-13-29)30-16-18-31(19-17-30)41-26-35(3,4)5/h9-13,16-18,27-28,31-32,34H,14-15,19-26,37H2,1-8H3/t28?,31?,32-,34?/m1/s1. The van der Waals surface area contributed by atoms with Gasteiger partial charge in [-0.2, -0.15) is 0 Å². The Balaban J connectivity index is 1.79. The van der Waals surface area contributed by atoms with Crippen molar-refractivity contribution in [1.82, 2.24) is 9.80 Å². The predicted molar refractivity (Wildman–Crippen MR) is 173 cm³/mol. The van der Waals surface area contributed by atoms with Crippen LogP contribution in [0.5, 0.6) is 0 Å². The SMILES string of the molecule is CC(C)CCC(CCN)CC(=O)N1CCN(C(C2=CCC(OCC(C)(C)C)C=C2)c2ccccc2)C[C@@H]1C(C)(C)C. The van der Waals surface area contributed by atoms with Crippen molar-refractivity contribution < 1.29 is 9.53 Å². The van der Waals surface area contributed by atoms with Crippen molar-refractivity contribution >= 4 is 5.91 Å². The molecule has 0 radical (unpaired) electrons. The van der Waals surface area contributed by atoms with Gasteiger partial charge in [0.05, 0.1) is 18.8 Å². The summed E-state index contributed by atoms with van der Waals surface area (Å²) < 4.78 is 6.21. The Morgan fingerprint density at radius 2 is 1.73 bits per heavy atom. The summed E-state index contributed by atoms with van der Waals surface area (Å²) in [6, 6.07) is 11.2. The molecule has 2 N–H and O–H groups in total. The van der Waals surface area contributed by atoms with Crippen LogP contribution in [0.25, 0.3) is 0 Å². The van der Waals surface area contributed by atoms with Gasteiger partial charge in [0.15, 0.2) is 0 Å². The van der Waals surface area contributed by atoms with Crippen LogP contribution in [0.15, 0.2) is 54.1 Å². The van der Waals surface area contributed by atoms with Gasteiger partial charge in [-0.25, -0.2) is 0 Å². The summed E-state index contributed by atoms with van der Waals surface area (Å²) in [6.07, 6.45) is 11.7.